The highest BCUT2D eigenvalue weighted by atomic mass is 19.4. The predicted molar refractivity (Wildman–Crippen MR) is 68.2 cm³/mol. The lowest BCUT2D eigenvalue weighted by Crippen LogP contribution is -2.11. The molecule has 0 spiro atoms. The molecule has 8 heteroatoms. The molecule has 20 heavy (non-hydrogen) atoms. The summed E-state index contributed by atoms with van der Waals surface area (Å²) in [7, 11) is 1.47. The van der Waals surface area contributed by atoms with E-state index in [9.17, 15) is 13.2 Å². The van der Waals surface area contributed by atoms with Crippen LogP contribution in [0.2, 0.25) is 0 Å². The van der Waals surface area contributed by atoms with E-state index in [1.807, 2.05) is 6.92 Å². The van der Waals surface area contributed by atoms with Crippen molar-refractivity contribution in [2.45, 2.75) is 26.6 Å². The lowest BCUT2D eigenvalue weighted by atomic mass is 10.1. The molecule has 5 nitrogen and oxygen atoms in total. The van der Waals surface area contributed by atoms with Crippen molar-refractivity contribution < 1.29 is 13.2 Å². The first-order valence-corrected chi connectivity index (χ1v) is 6.03. The van der Waals surface area contributed by atoms with Crippen molar-refractivity contribution >= 4 is 5.95 Å². The van der Waals surface area contributed by atoms with Crippen LogP contribution in [0.1, 0.15) is 18.3 Å². The minimum absolute atomic E-state index is 0.0709. The largest absolute Gasteiger partial charge is 0.433 e. The molecule has 108 valence electrons. The van der Waals surface area contributed by atoms with E-state index in [0.717, 1.165) is 6.07 Å². The quantitative estimate of drug-likeness (QED) is 0.942. The van der Waals surface area contributed by atoms with Crippen LogP contribution in [-0.4, -0.2) is 26.8 Å². The zero-order valence-corrected chi connectivity index (χ0v) is 11.3. The number of halogens is 3. The Morgan fingerprint density at radius 3 is 2.50 bits per heavy atom. The molecule has 2 heterocycles. The summed E-state index contributed by atoms with van der Waals surface area (Å²) in [6.45, 7) is 4.27. The van der Waals surface area contributed by atoms with Crippen LogP contribution in [0.15, 0.2) is 12.3 Å². The van der Waals surface area contributed by atoms with Crippen molar-refractivity contribution in [2.75, 3.05) is 12.4 Å². The first kappa shape index (κ1) is 14.3. The Labute approximate surface area is 113 Å². The molecule has 0 atom stereocenters. The average Bonchev–Trinajstić information content (AvgIpc) is 2.78. The zero-order chi connectivity index (χ0) is 14.9. The third-order valence-electron chi connectivity index (χ3n) is 2.79. The second kappa shape index (κ2) is 5.10. The second-order valence-electron chi connectivity index (χ2n) is 4.19. The molecule has 2 aromatic heterocycles. The molecule has 0 unspecified atom stereocenters. The van der Waals surface area contributed by atoms with E-state index in [1.165, 1.54) is 7.05 Å². The van der Waals surface area contributed by atoms with Crippen LogP contribution < -0.4 is 5.32 Å². The summed E-state index contributed by atoms with van der Waals surface area (Å²) in [5.41, 5.74) is 0.418. The van der Waals surface area contributed by atoms with Crippen LogP contribution >= 0.6 is 0 Å². The van der Waals surface area contributed by atoms with E-state index in [1.54, 1.807) is 17.8 Å². The van der Waals surface area contributed by atoms with E-state index < -0.39 is 11.9 Å². The van der Waals surface area contributed by atoms with Gasteiger partial charge in [-0.05, 0) is 19.9 Å². The fourth-order valence-electron chi connectivity index (χ4n) is 1.77. The van der Waals surface area contributed by atoms with Crippen LogP contribution in [0.25, 0.3) is 11.3 Å². The molecule has 0 aliphatic rings. The zero-order valence-electron chi connectivity index (χ0n) is 11.3. The van der Waals surface area contributed by atoms with Gasteiger partial charge in [-0.25, -0.2) is 9.97 Å². The summed E-state index contributed by atoms with van der Waals surface area (Å²) in [5.74, 6) is -0.0709. The van der Waals surface area contributed by atoms with Crippen LogP contribution in [0.4, 0.5) is 19.1 Å². The summed E-state index contributed by atoms with van der Waals surface area (Å²) in [6.07, 6.45) is -2.84. The number of aryl methyl sites for hydroxylation is 2. The van der Waals surface area contributed by atoms with E-state index in [0.29, 0.717) is 17.8 Å². The molecule has 0 aliphatic carbocycles. The number of nitrogens with one attached hydrogen (secondary N) is 1. The number of hydrogen-bond donors (Lipinski definition) is 1. The Morgan fingerprint density at radius 2 is 2.00 bits per heavy atom. The van der Waals surface area contributed by atoms with Gasteiger partial charge in [0.25, 0.3) is 0 Å². The number of hydrogen-bond acceptors (Lipinski definition) is 4. The van der Waals surface area contributed by atoms with Crippen LogP contribution in [0, 0.1) is 6.92 Å². The van der Waals surface area contributed by atoms with Crippen LogP contribution in [0.3, 0.4) is 0 Å². The van der Waals surface area contributed by atoms with Gasteiger partial charge in [-0.1, -0.05) is 0 Å². The van der Waals surface area contributed by atoms with Gasteiger partial charge in [0.2, 0.25) is 5.95 Å². The van der Waals surface area contributed by atoms with Crippen molar-refractivity contribution in [3.05, 3.63) is 23.7 Å². The van der Waals surface area contributed by atoms with Gasteiger partial charge in [0, 0.05) is 25.4 Å². The maximum atomic E-state index is 12.8. The smallest absolute Gasteiger partial charge is 0.357 e. The molecule has 0 radical (unpaired) electrons. The van der Waals surface area contributed by atoms with E-state index >= 15 is 0 Å². The first-order valence-electron chi connectivity index (χ1n) is 6.03. The maximum absolute atomic E-state index is 12.8. The molecule has 2 aromatic rings. The molecule has 0 amide bonds. The first-order chi connectivity index (χ1) is 9.35. The van der Waals surface area contributed by atoms with E-state index in [4.69, 9.17) is 0 Å². The minimum Gasteiger partial charge on any atom is -0.357 e. The summed E-state index contributed by atoms with van der Waals surface area (Å²) in [5, 5.41) is 6.75. The number of nitrogens with zero attached hydrogens (tertiary/aromatic N) is 4. The molecular formula is C12H14F3N5. The average molecular weight is 285 g/mol. The normalized spacial score (nSPS) is 11.7. The predicted octanol–water partition coefficient (Wildman–Crippen LogP) is 2.73. The van der Waals surface area contributed by atoms with Crippen molar-refractivity contribution in [1.82, 2.24) is 19.7 Å². The van der Waals surface area contributed by atoms with Gasteiger partial charge in [-0.15, -0.1) is 0 Å². The Bertz CT molecular complexity index is 618. The van der Waals surface area contributed by atoms with E-state index in [-0.39, 0.29) is 11.6 Å². The van der Waals surface area contributed by atoms with Crippen molar-refractivity contribution in [3.63, 3.8) is 0 Å². The topological polar surface area (TPSA) is 55.6 Å². The van der Waals surface area contributed by atoms with Gasteiger partial charge in [0.05, 0.1) is 11.4 Å². The molecule has 0 saturated carbocycles. The molecule has 0 saturated heterocycles. The number of anilines is 1. The SMILES string of the molecule is CCn1cc(-c2cc(C(F)(F)F)nc(NC)n2)c(C)n1. The molecule has 0 aliphatic heterocycles. The molecule has 1 N–H and O–H groups in total. The Kier molecular flexibility index (Phi) is 3.65. The summed E-state index contributed by atoms with van der Waals surface area (Å²) in [4.78, 5) is 7.50. The highest BCUT2D eigenvalue weighted by Gasteiger charge is 2.34. The lowest BCUT2D eigenvalue weighted by molar-refractivity contribution is -0.141. The molecule has 0 bridgehead atoms. The highest BCUT2D eigenvalue weighted by Crippen LogP contribution is 2.31. The molecular weight excluding hydrogens is 271 g/mol. The van der Waals surface area contributed by atoms with Gasteiger partial charge < -0.3 is 5.32 Å². The number of rotatable bonds is 3. The Morgan fingerprint density at radius 1 is 1.30 bits per heavy atom. The monoisotopic (exact) mass is 285 g/mol. The molecule has 2 rings (SSSR count). The number of aromatic nitrogens is 4. The van der Waals surface area contributed by atoms with Crippen molar-refractivity contribution in [3.8, 4) is 11.3 Å². The standard InChI is InChI=1S/C12H14F3N5/c1-4-20-6-8(7(2)19-20)9-5-10(12(13,14)15)18-11(16-3)17-9/h5-6H,4H2,1-3H3,(H,16,17,18). The lowest BCUT2D eigenvalue weighted by Gasteiger charge is -2.09. The van der Waals surface area contributed by atoms with E-state index in [2.05, 4.69) is 20.4 Å². The second-order valence-corrected chi connectivity index (χ2v) is 4.19. The van der Waals surface area contributed by atoms with Gasteiger partial charge in [0.1, 0.15) is 0 Å². The van der Waals surface area contributed by atoms with Gasteiger partial charge in [0.15, 0.2) is 5.69 Å². The van der Waals surface area contributed by atoms with Gasteiger partial charge in [-0.3, -0.25) is 4.68 Å². The molecule has 0 aromatic carbocycles. The fourth-order valence-corrected chi connectivity index (χ4v) is 1.77. The summed E-state index contributed by atoms with van der Waals surface area (Å²) in [6, 6.07) is 0.935. The fraction of sp³-hybridized carbons (Fsp3) is 0.417. The third kappa shape index (κ3) is 2.73. The summed E-state index contributed by atoms with van der Waals surface area (Å²) >= 11 is 0. The van der Waals surface area contributed by atoms with Crippen LogP contribution in [-0.2, 0) is 12.7 Å². The van der Waals surface area contributed by atoms with Crippen molar-refractivity contribution in [2.24, 2.45) is 0 Å². The third-order valence-corrected chi connectivity index (χ3v) is 2.79. The Balaban J connectivity index is 2.58. The molecule has 0 fully saturated rings. The van der Waals surface area contributed by atoms with Crippen LogP contribution in [0.5, 0.6) is 0 Å². The highest BCUT2D eigenvalue weighted by molar-refractivity contribution is 5.62. The maximum Gasteiger partial charge on any atom is 0.433 e. The van der Waals surface area contributed by atoms with Gasteiger partial charge >= 0.3 is 6.18 Å². The van der Waals surface area contributed by atoms with Gasteiger partial charge in [-0.2, -0.15) is 18.3 Å². The minimum atomic E-state index is -4.52. The number of alkyl halides is 3. The summed E-state index contributed by atoms with van der Waals surface area (Å²) < 4.78 is 40.2. The van der Waals surface area contributed by atoms with Crippen molar-refractivity contribution in [1.29, 1.82) is 0 Å². The Hall–Kier alpha value is -2.12.